The van der Waals surface area contributed by atoms with Crippen LogP contribution in [0.25, 0.3) is 0 Å². The number of nitrogens with zero attached hydrogens (tertiary/aromatic N) is 3. The number of hydrogen-bond donors (Lipinski definition) is 1. The molecular formula is C24H26F6N4O3. The molecule has 2 aromatic rings. The van der Waals surface area contributed by atoms with Crippen molar-refractivity contribution < 1.29 is 40.7 Å². The normalized spacial score (nSPS) is 19.0. The maximum absolute atomic E-state index is 13.7. The Morgan fingerprint density at radius 2 is 1.89 bits per heavy atom. The minimum Gasteiger partial charge on any atom is -0.373 e. The molecule has 1 unspecified atom stereocenters. The number of carbonyl (C=O) groups excluding carboxylic acids is 2. The summed E-state index contributed by atoms with van der Waals surface area (Å²) in [6.45, 7) is 4.68. The Hall–Kier alpha value is -3.09. The fourth-order valence-electron chi connectivity index (χ4n) is 4.86. The van der Waals surface area contributed by atoms with E-state index in [1.165, 1.54) is 13.0 Å². The van der Waals surface area contributed by atoms with Gasteiger partial charge in [0.2, 0.25) is 0 Å². The third-order valence-electron chi connectivity index (χ3n) is 6.80. The number of halogens is 6. The van der Waals surface area contributed by atoms with Gasteiger partial charge in [-0.2, -0.15) is 26.3 Å². The van der Waals surface area contributed by atoms with Crippen molar-refractivity contribution in [3.05, 3.63) is 52.1 Å². The summed E-state index contributed by atoms with van der Waals surface area (Å²) >= 11 is 0. The third-order valence-corrected chi connectivity index (χ3v) is 6.80. The van der Waals surface area contributed by atoms with E-state index in [-0.39, 0.29) is 42.3 Å². The van der Waals surface area contributed by atoms with Gasteiger partial charge < -0.3 is 19.5 Å². The average Bonchev–Trinajstić information content (AvgIpc) is 3.44. The highest BCUT2D eigenvalue weighted by molar-refractivity contribution is 6.01. The van der Waals surface area contributed by atoms with E-state index in [1.54, 1.807) is 9.47 Å². The summed E-state index contributed by atoms with van der Waals surface area (Å²) in [5.74, 6) is -1.01. The molecule has 13 heteroatoms. The second kappa shape index (κ2) is 9.99. The van der Waals surface area contributed by atoms with Crippen molar-refractivity contribution in [1.82, 2.24) is 19.8 Å². The van der Waals surface area contributed by atoms with Crippen molar-refractivity contribution in [3.8, 4) is 0 Å². The molecule has 1 saturated heterocycles. The molecule has 0 spiro atoms. The van der Waals surface area contributed by atoms with E-state index in [1.807, 2.05) is 6.92 Å². The molecule has 0 saturated carbocycles. The zero-order valence-corrected chi connectivity index (χ0v) is 20.2. The monoisotopic (exact) mass is 532 g/mol. The minimum atomic E-state index is -5.11. The lowest BCUT2D eigenvalue weighted by atomic mass is 9.98. The predicted molar refractivity (Wildman–Crippen MR) is 119 cm³/mol. The first kappa shape index (κ1) is 27.0. The molecule has 0 aliphatic carbocycles. The minimum absolute atomic E-state index is 0.0258. The Kier molecular flexibility index (Phi) is 7.28. The van der Waals surface area contributed by atoms with Crippen LogP contribution in [0.2, 0.25) is 0 Å². The SMILES string of the molecule is CC[C@@H](NC(=O)c1cc(C(=O)N2CCCC2C)n2c1COCC2)c1cnc(C(F)(F)F)cc1C(F)(F)F. The zero-order chi connectivity index (χ0) is 27.1. The summed E-state index contributed by atoms with van der Waals surface area (Å²) in [5.41, 5.74) is -3.01. The number of nitrogens with one attached hydrogen (secondary N) is 1. The quantitative estimate of drug-likeness (QED) is 0.553. The number of aromatic nitrogens is 2. The van der Waals surface area contributed by atoms with Gasteiger partial charge in [0, 0.05) is 30.9 Å². The fourth-order valence-corrected chi connectivity index (χ4v) is 4.86. The molecular weight excluding hydrogens is 506 g/mol. The second-order valence-corrected chi connectivity index (χ2v) is 9.17. The van der Waals surface area contributed by atoms with E-state index in [9.17, 15) is 35.9 Å². The molecule has 37 heavy (non-hydrogen) atoms. The lowest BCUT2D eigenvalue weighted by Gasteiger charge is -2.24. The van der Waals surface area contributed by atoms with Crippen molar-refractivity contribution >= 4 is 11.8 Å². The molecule has 4 heterocycles. The number of likely N-dealkylation sites (tertiary alicyclic amines) is 1. The summed E-state index contributed by atoms with van der Waals surface area (Å²) in [5, 5.41) is 2.50. The Morgan fingerprint density at radius 3 is 2.49 bits per heavy atom. The van der Waals surface area contributed by atoms with Gasteiger partial charge in [0.15, 0.2) is 0 Å². The van der Waals surface area contributed by atoms with Gasteiger partial charge in [-0.15, -0.1) is 0 Å². The smallest absolute Gasteiger partial charge is 0.373 e. The molecule has 2 aliphatic rings. The lowest BCUT2D eigenvalue weighted by molar-refractivity contribution is -0.146. The van der Waals surface area contributed by atoms with Gasteiger partial charge in [0.25, 0.3) is 11.8 Å². The van der Waals surface area contributed by atoms with Crippen molar-refractivity contribution in [1.29, 1.82) is 0 Å². The van der Waals surface area contributed by atoms with Crippen LogP contribution in [0.1, 0.15) is 82.5 Å². The summed E-state index contributed by atoms with van der Waals surface area (Å²) in [7, 11) is 0. The Balaban J connectivity index is 1.67. The van der Waals surface area contributed by atoms with E-state index < -0.39 is 41.1 Å². The van der Waals surface area contributed by atoms with Crippen LogP contribution < -0.4 is 5.32 Å². The number of amides is 2. The van der Waals surface area contributed by atoms with Crippen molar-refractivity contribution in [2.75, 3.05) is 13.2 Å². The Labute approximate surface area is 208 Å². The van der Waals surface area contributed by atoms with Gasteiger partial charge in [0.1, 0.15) is 11.4 Å². The first-order valence-electron chi connectivity index (χ1n) is 11.9. The molecule has 2 atom stereocenters. The van der Waals surface area contributed by atoms with Crippen molar-refractivity contribution in [3.63, 3.8) is 0 Å². The van der Waals surface area contributed by atoms with Crippen LogP contribution >= 0.6 is 0 Å². The Morgan fingerprint density at radius 1 is 1.16 bits per heavy atom. The van der Waals surface area contributed by atoms with Gasteiger partial charge in [-0.05, 0) is 38.3 Å². The van der Waals surface area contributed by atoms with E-state index in [0.717, 1.165) is 12.8 Å². The van der Waals surface area contributed by atoms with Gasteiger partial charge in [-0.3, -0.25) is 14.6 Å². The van der Waals surface area contributed by atoms with Crippen LogP contribution in [0.3, 0.4) is 0 Å². The third kappa shape index (κ3) is 5.32. The molecule has 0 bridgehead atoms. The summed E-state index contributed by atoms with van der Waals surface area (Å²) < 4.78 is 87.3. The van der Waals surface area contributed by atoms with Gasteiger partial charge >= 0.3 is 12.4 Å². The molecule has 4 rings (SSSR count). The van der Waals surface area contributed by atoms with Gasteiger partial charge in [-0.1, -0.05) is 6.92 Å². The van der Waals surface area contributed by atoms with E-state index >= 15 is 0 Å². The number of ether oxygens (including phenoxy) is 1. The first-order valence-corrected chi connectivity index (χ1v) is 11.9. The van der Waals surface area contributed by atoms with Crippen LogP contribution in [0.4, 0.5) is 26.3 Å². The topological polar surface area (TPSA) is 76.5 Å². The number of pyridine rings is 1. The molecule has 2 aliphatic heterocycles. The van der Waals surface area contributed by atoms with Crippen LogP contribution in [0.5, 0.6) is 0 Å². The molecule has 0 aromatic carbocycles. The highest BCUT2D eigenvalue weighted by Gasteiger charge is 2.41. The van der Waals surface area contributed by atoms with Gasteiger partial charge in [0.05, 0.1) is 36.1 Å². The predicted octanol–water partition coefficient (Wildman–Crippen LogP) is 4.96. The molecule has 7 nitrogen and oxygen atoms in total. The molecule has 1 fully saturated rings. The average molecular weight is 532 g/mol. The first-order chi connectivity index (χ1) is 17.3. The largest absolute Gasteiger partial charge is 0.433 e. The fraction of sp³-hybridized carbons (Fsp3) is 0.542. The summed E-state index contributed by atoms with van der Waals surface area (Å²) in [6, 6.07) is 0.117. The number of alkyl halides is 6. The molecule has 202 valence electrons. The van der Waals surface area contributed by atoms with E-state index in [2.05, 4.69) is 10.3 Å². The highest BCUT2D eigenvalue weighted by Crippen LogP contribution is 2.39. The highest BCUT2D eigenvalue weighted by atomic mass is 19.4. The van der Waals surface area contributed by atoms with Crippen LogP contribution in [-0.2, 0) is 30.2 Å². The maximum Gasteiger partial charge on any atom is 0.433 e. The molecule has 2 aromatic heterocycles. The number of rotatable bonds is 5. The lowest BCUT2D eigenvalue weighted by Crippen LogP contribution is -2.35. The number of hydrogen-bond acceptors (Lipinski definition) is 4. The van der Waals surface area contributed by atoms with Crippen LogP contribution in [0.15, 0.2) is 18.3 Å². The van der Waals surface area contributed by atoms with Crippen LogP contribution in [-0.4, -0.2) is 45.5 Å². The molecule has 2 amide bonds. The zero-order valence-electron chi connectivity index (χ0n) is 20.2. The van der Waals surface area contributed by atoms with E-state index in [0.29, 0.717) is 31.6 Å². The summed E-state index contributed by atoms with van der Waals surface area (Å²) in [4.78, 5) is 31.4. The van der Waals surface area contributed by atoms with Crippen LogP contribution in [0, 0.1) is 0 Å². The number of carbonyl (C=O) groups is 2. The molecule has 0 radical (unpaired) electrons. The second-order valence-electron chi connectivity index (χ2n) is 9.17. The standard InChI is InChI=1S/C24H26F6N4O3/c1-3-17(15-11-31-20(24(28,29)30)10-16(15)23(25,26)27)32-21(35)14-9-18(34-7-8-37-12-19(14)34)22(36)33-6-4-5-13(33)2/h9-11,13,17H,3-8,12H2,1-2H3,(H,32,35)/t13?,17-/m1/s1. The van der Waals surface area contributed by atoms with E-state index in [4.69, 9.17) is 4.74 Å². The maximum atomic E-state index is 13.7. The van der Waals surface area contributed by atoms with Crippen molar-refractivity contribution in [2.24, 2.45) is 0 Å². The Bertz CT molecular complexity index is 1190. The number of fused-ring (bicyclic) bond motifs is 1. The summed E-state index contributed by atoms with van der Waals surface area (Å²) in [6.07, 6.45) is -8.00. The van der Waals surface area contributed by atoms with Crippen molar-refractivity contribution in [2.45, 2.75) is 70.7 Å². The molecule has 1 N–H and O–H groups in total. The van der Waals surface area contributed by atoms with Gasteiger partial charge in [-0.25, -0.2) is 0 Å².